The molecule has 1 saturated carbocycles. The van der Waals surface area contributed by atoms with Crippen LogP contribution in [0.25, 0.3) is 0 Å². The predicted octanol–water partition coefficient (Wildman–Crippen LogP) is 2.13. The Morgan fingerprint density at radius 3 is 2.65 bits per heavy atom. The molecular formula is C16H16F4N4O2. The van der Waals surface area contributed by atoms with E-state index in [1.165, 1.54) is 16.9 Å². The van der Waals surface area contributed by atoms with E-state index in [-0.39, 0.29) is 24.4 Å². The van der Waals surface area contributed by atoms with Gasteiger partial charge in [-0.25, -0.2) is 9.07 Å². The van der Waals surface area contributed by atoms with Crippen LogP contribution in [0, 0.1) is 5.82 Å². The maximum absolute atomic E-state index is 13.3. The molecule has 2 N–H and O–H groups in total. The number of nitrogens with one attached hydrogen (secondary N) is 1. The fourth-order valence-corrected chi connectivity index (χ4v) is 2.79. The van der Waals surface area contributed by atoms with E-state index in [4.69, 9.17) is 0 Å². The molecule has 1 aromatic heterocycles. The molecule has 0 bridgehead atoms. The Labute approximate surface area is 145 Å². The summed E-state index contributed by atoms with van der Waals surface area (Å²) < 4.78 is 52.8. The number of rotatable bonds is 5. The summed E-state index contributed by atoms with van der Waals surface area (Å²) in [5.41, 5.74) is -1.84. The molecule has 2 aromatic rings. The van der Waals surface area contributed by atoms with Crippen LogP contribution in [0.5, 0.6) is 0 Å². The highest BCUT2D eigenvalue weighted by molar-refractivity contribution is 5.92. The first kappa shape index (κ1) is 18.3. The lowest BCUT2D eigenvalue weighted by atomic mass is 9.77. The van der Waals surface area contributed by atoms with Gasteiger partial charge in [-0.1, -0.05) is 11.3 Å². The quantitative estimate of drug-likeness (QED) is 0.788. The molecular weight excluding hydrogens is 356 g/mol. The smallest absolute Gasteiger partial charge is 0.394 e. The van der Waals surface area contributed by atoms with E-state index < -0.39 is 29.0 Å². The number of aliphatic hydroxyl groups excluding tert-OH is 1. The fourth-order valence-electron chi connectivity index (χ4n) is 2.79. The van der Waals surface area contributed by atoms with Crippen LogP contribution in [-0.2, 0) is 12.7 Å². The van der Waals surface area contributed by atoms with Crippen LogP contribution in [0.2, 0.25) is 0 Å². The zero-order chi connectivity index (χ0) is 18.9. The highest BCUT2D eigenvalue weighted by Gasteiger charge is 2.38. The van der Waals surface area contributed by atoms with Gasteiger partial charge in [0.05, 0.1) is 30.5 Å². The second kappa shape index (κ2) is 6.67. The van der Waals surface area contributed by atoms with Crippen LogP contribution < -0.4 is 5.32 Å². The van der Waals surface area contributed by atoms with Crippen molar-refractivity contribution in [1.82, 2.24) is 20.3 Å². The fraction of sp³-hybridized carbons (Fsp3) is 0.438. The molecule has 1 fully saturated rings. The van der Waals surface area contributed by atoms with Gasteiger partial charge >= 0.3 is 6.18 Å². The molecule has 0 saturated heterocycles. The average Bonchev–Trinajstić information content (AvgIpc) is 3.00. The third-order valence-corrected chi connectivity index (χ3v) is 4.44. The van der Waals surface area contributed by atoms with Gasteiger partial charge < -0.3 is 10.4 Å². The Kier molecular flexibility index (Phi) is 4.70. The van der Waals surface area contributed by atoms with Crippen LogP contribution in [0.4, 0.5) is 17.6 Å². The largest absolute Gasteiger partial charge is 0.419 e. The third kappa shape index (κ3) is 3.69. The Bertz CT molecular complexity index is 809. The van der Waals surface area contributed by atoms with E-state index in [1.54, 1.807) is 0 Å². The lowest BCUT2D eigenvalue weighted by Crippen LogP contribution is -2.56. The Hall–Kier alpha value is -2.49. The minimum Gasteiger partial charge on any atom is -0.394 e. The van der Waals surface area contributed by atoms with Crippen molar-refractivity contribution in [3.8, 4) is 0 Å². The third-order valence-electron chi connectivity index (χ3n) is 4.44. The number of carbonyl (C=O) groups is 1. The van der Waals surface area contributed by atoms with Gasteiger partial charge in [-0.15, -0.1) is 5.10 Å². The first-order valence-corrected chi connectivity index (χ1v) is 7.92. The highest BCUT2D eigenvalue weighted by Crippen LogP contribution is 2.32. The number of hydrogen-bond acceptors (Lipinski definition) is 4. The molecule has 10 heteroatoms. The number of nitrogens with zero attached hydrogens (tertiary/aromatic N) is 3. The highest BCUT2D eigenvalue weighted by atomic mass is 19.4. The number of carbonyl (C=O) groups excluding carboxylic acids is 1. The predicted molar refractivity (Wildman–Crippen MR) is 81.7 cm³/mol. The van der Waals surface area contributed by atoms with Crippen molar-refractivity contribution in [2.45, 2.75) is 37.5 Å². The van der Waals surface area contributed by atoms with Gasteiger partial charge in [-0.2, -0.15) is 13.2 Å². The molecule has 1 aliphatic rings. The van der Waals surface area contributed by atoms with Gasteiger partial charge in [-0.05, 0) is 37.0 Å². The van der Waals surface area contributed by atoms with Gasteiger partial charge in [0, 0.05) is 0 Å². The van der Waals surface area contributed by atoms with Gasteiger partial charge in [0.2, 0.25) is 0 Å². The summed E-state index contributed by atoms with van der Waals surface area (Å²) in [6.07, 6.45) is -1.28. The molecule has 1 aromatic carbocycles. The average molecular weight is 372 g/mol. The van der Waals surface area contributed by atoms with Crippen molar-refractivity contribution in [2.75, 3.05) is 6.61 Å². The molecule has 0 radical (unpaired) electrons. The van der Waals surface area contributed by atoms with E-state index in [0.717, 1.165) is 12.5 Å². The first-order valence-electron chi connectivity index (χ1n) is 7.92. The van der Waals surface area contributed by atoms with Crippen LogP contribution in [0.15, 0.2) is 24.4 Å². The summed E-state index contributed by atoms with van der Waals surface area (Å²) in [4.78, 5) is 12.2. The zero-order valence-electron chi connectivity index (χ0n) is 13.6. The van der Waals surface area contributed by atoms with E-state index >= 15 is 0 Å². The van der Waals surface area contributed by atoms with Crippen LogP contribution in [0.1, 0.15) is 40.9 Å². The zero-order valence-corrected chi connectivity index (χ0v) is 13.6. The van der Waals surface area contributed by atoms with Gasteiger partial charge in [0.1, 0.15) is 5.82 Å². The first-order chi connectivity index (χ1) is 12.2. The van der Waals surface area contributed by atoms with Gasteiger partial charge in [0.15, 0.2) is 5.69 Å². The van der Waals surface area contributed by atoms with Crippen LogP contribution in [0.3, 0.4) is 0 Å². The van der Waals surface area contributed by atoms with E-state index in [2.05, 4.69) is 15.6 Å². The summed E-state index contributed by atoms with van der Waals surface area (Å²) in [5, 5.41) is 19.5. The van der Waals surface area contributed by atoms with Crippen LogP contribution >= 0.6 is 0 Å². The molecule has 0 aliphatic heterocycles. The molecule has 3 rings (SSSR count). The van der Waals surface area contributed by atoms with Crippen molar-refractivity contribution in [3.05, 3.63) is 47.0 Å². The maximum atomic E-state index is 13.3. The number of halogens is 4. The lowest BCUT2D eigenvalue weighted by Gasteiger charge is -2.40. The second-order valence-electron chi connectivity index (χ2n) is 6.36. The summed E-state index contributed by atoms with van der Waals surface area (Å²) in [7, 11) is 0. The number of aromatic nitrogens is 3. The molecule has 1 aliphatic carbocycles. The topological polar surface area (TPSA) is 80.0 Å². The second-order valence-corrected chi connectivity index (χ2v) is 6.36. The molecule has 1 heterocycles. The molecule has 0 unspecified atom stereocenters. The van der Waals surface area contributed by atoms with Crippen molar-refractivity contribution >= 4 is 5.91 Å². The molecule has 0 atom stereocenters. The van der Waals surface area contributed by atoms with Crippen molar-refractivity contribution in [3.63, 3.8) is 0 Å². The molecule has 6 nitrogen and oxygen atoms in total. The van der Waals surface area contributed by atoms with Gasteiger partial charge in [0.25, 0.3) is 5.91 Å². The molecule has 140 valence electrons. The summed E-state index contributed by atoms with van der Waals surface area (Å²) in [5.74, 6) is -1.87. The Morgan fingerprint density at radius 1 is 1.35 bits per heavy atom. The van der Waals surface area contributed by atoms with E-state index in [1.807, 2.05) is 0 Å². The number of aliphatic hydroxyl groups is 1. The summed E-state index contributed by atoms with van der Waals surface area (Å²) >= 11 is 0. The number of hydrogen-bond donors (Lipinski definition) is 2. The SMILES string of the molecule is O=C(NC1(CO)CCC1)c1cn(Cc2ccc(F)c(C(F)(F)F)c2)nn1. The van der Waals surface area contributed by atoms with Gasteiger partial charge in [-0.3, -0.25) is 4.79 Å². The number of amides is 1. The van der Waals surface area contributed by atoms with Crippen LogP contribution in [-0.4, -0.2) is 38.2 Å². The number of alkyl halides is 3. The van der Waals surface area contributed by atoms with E-state index in [9.17, 15) is 27.5 Å². The van der Waals surface area contributed by atoms with Crippen molar-refractivity contribution < 1.29 is 27.5 Å². The molecule has 26 heavy (non-hydrogen) atoms. The normalized spacial score (nSPS) is 16.2. The Balaban J connectivity index is 1.72. The minimum absolute atomic E-state index is 0.0112. The van der Waals surface area contributed by atoms with Crippen molar-refractivity contribution in [1.29, 1.82) is 0 Å². The number of benzene rings is 1. The molecule has 0 spiro atoms. The Morgan fingerprint density at radius 2 is 2.08 bits per heavy atom. The monoisotopic (exact) mass is 372 g/mol. The summed E-state index contributed by atoms with van der Waals surface area (Å²) in [6.45, 7) is -0.280. The molecule has 1 amide bonds. The van der Waals surface area contributed by atoms with Crippen molar-refractivity contribution in [2.24, 2.45) is 0 Å². The lowest BCUT2D eigenvalue weighted by molar-refractivity contribution is -0.140. The minimum atomic E-state index is -4.80. The maximum Gasteiger partial charge on any atom is 0.419 e. The standard InChI is InChI=1S/C16H16F4N4O2/c17-12-3-2-10(6-11(12)16(18,19)20)7-24-8-13(22-23-24)14(26)21-15(9-25)4-1-5-15/h2-3,6,8,25H,1,4-5,7,9H2,(H,21,26). The summed E-state index contributed by atoms with van der Waals surface area (Å²) in [6, 6.07) is 2.65. The van der Waals surface area contributed by atoms with E-state index in [0.29, 0.717) is 18.9 Å².